The highest BCUT2D eigenvalue weighted by atomic mass is 32.3. The Morgan fingerprint density at radius 3 is 1.21 bits per heavy atom. The third-order valence-electron chi connectivity index (χ3n) is 3.42. The van der Waals surface area contributed by atoms with E-state index in [1.54, 1.807) is 0 Å². The third kappa shape index (κ3) is 3.94. The second-order valence-electron chi connectivity index (χ2n) is 4.84. The van der Waals surface area contributed by atoms with Crippen molar-refractivity contribution in [2.75, 3.05) is 0 Å². The van der Waals surface area contributed by atoms with Crippen LogP contribution in [-0.2, 0) is 8.54 Å². The van der Waals surface area contributed by atoms with Crippen LogP contribution in [-0.4, -0.2) is 27.9 Å². The second kappa shape index (κ2) is 8.86. The van der Waals surface area contributed by atoms with Crippen molar-refractivity contribution in [2.24, 2.45) is 0 Å². The zero-order valence-electron chi connectivity index (χ0n) is 12.3. The van der Waals surface area contributed by atoms with Crippen molar-refractivity contribution in [1.29, 1.82) is 0 Å². The summed E-state index contributed by atoms with van der Waals surface area (Å²) in [6, 6.07) is 28.9. The summed E-state index contributed by atoms with van der Waals surface area (Å²) < 4.78 is 17.5. The molecule has 24 heavy (non-hydrogen) atoms. The van der Waals surface area contributed by atoms with E-state index in [-0.39, 0.29) is 23.1 Å². The monoisotopic (exact) mass is 370 g/mol. The lowest BCUT2D eigenvalue weighted by Crippen LogP contribution is -2.04. The third-order valence-corrected chi connectivity index (χ3v) is 7.80. The van der Waals surface area contributed by atoms with Gasteiger partial charge in [-0.15, -0.1) is 0 Å². The van der Waals surface area contributed by atoms with E-state index >= 15 is 0 Å². The molecule has 0 bridgehead atoms. The smallest absolute Gasteiger partial charge is 0.326 e. The van der Waals surface area contributed by atoms with Crippen molar-refractivity contribution in [3.63, 3.8) is 0 Å². The van der Waals surface area contributed by atoms with Crippen LogP contribution in [0.1, 0.15) is 0 Å². The molecule has 122 valence electrons. The van der Waals surface area contributed by atoms with E-state index in [1.165, 1.54) is 0 Å². The van der Waals surface area contributed by atoms with Crippen molar-refractivity contribution < 1.29 is 13.4 Å². The van der Waals surface area contributed by atoms with Gasteiger partial charge in [0.1, 0.15) is 0 Å². The molecule has 0 aromatic heterocycles. The lowest BCUT2D eigenvalue weighted by atomic mass is 10.4. The molecular weight excluding hydrogens is 352 g/mol. The highest BCUT2D eigenvalue weighted by molar-refractivity contribution is 8.31. The topological polar surface area (TPSA) is 46.5 Å². The first kappa shape index (κ1) is 19.3. The van der Waals surface area contributed by atoms with E-state index in [0.717, 1.165) is 14.7 Å². The zero-order chi connectivity index (χ0) is 16.1. The van der Waals surface area contributed by atoms with Gasteiger partial charge in [0, 0.05) is 14.7 Å². The normalized spacial score (nSPS) is 12.9. The maximum atomic E-state index is 11.7. The second-order valence-corrected chi connectivity index (χ2v) is 8.57. The first-order valence-electron chi connectivity index (χ1n) is 7.14. The summed E-state index contributed by atoms with van der Waals surface area (Å²) in [5.74, 6) is 0. The maximum absolute atomic E-state index is 11.7. The fourth-order valence-electron chi connectivity index (χ4n) is 2.50. The molecule has 1 N–H and O–H groups in total. The molecule has 0 heterocycles. The summed E-state index contributed by atoms with van der Waals surface area (Å²) in [6.07, 6.45) is 0. The molecule has 0 saturated heterocycles. The largest absolute Gasteiger partial charge is 0.327 e. The van der Waals surface area contributed by atoms with Gasteiger partial charge in [-0.25, -0.2) is 3.97 Å². The first-order chi connectivity index (χ1) is 11.2. The average Bonchev–Trinajstić information content (AvgIpc) is 2.62. The molecule has 3 rings (SSSR count). The predicted molar refractivity (Wildman–Crippen MR) is 103 cm³/mol. The van der Waals surface area contributed by atoms with Gasteiger partial charge in [-0.3, -0.25) is 4.57 Å². The summed E-state index contributed by atoms with van der Waals surface area (Å²) in [5.41, 5.74) is 0. The van der Waals surface area contributed by atoms with Gasteiger partial charge in [-0.1, -0.05) is 54.6 Å². The van der Waals surface area contributed by atoms with Crippen LogP contribution >= 0.6 is 18.6 Å². The van der Waals surface area contributed by atoms with Crippen molar-refractivity contribution >= 4 is 41.6 Å². The summed E-state index contributed by atoms with van der Waals surface area (Å²) in [4.78, 5) is 12.3. The minimum absolute atomic E-state index is 0. The zero-order valence-corrected chi connectivity index (χ0v) is 14.1. The van der Waals surface area contributed by atoms with Gasteiger partial charge in [0.05, 0.1) is 0 Å². The molecule has 3 nitrogen and oxygen atoms in total. The van der Waals surface area contributed by atoms with Gasteiger partial charge < -0.3 is 4.89 Å². The molecule has 1 atom stereocenters. The lowest BCUT2D eigenvalue weighted by Gasteiger charge is -2.39. The van der Waals surface area contributed by atoms with Gasteiger partial charge in [0.2, 0.25) is 0 Å². The Balaban J connectivity index is 0.00000208. The van der Waals surface area contributed by atoms with Gasteiger partial charge in [-0.2, -0.15) is 0 Å². The molecule has 6 heteroatoms. The highest BCUT2D eigenvalue weighted by Crippen LogP contribution is 2.72. The van der Waals surface area contributed by atoms with E-state index in [9.17, 15) is 9.46 Å². The molecule has 0 amide bonds. The Labute approximate surface area is 160 Å². The fraction of sp³-hybridized carbons (Fsp3) is 0. The van der Waals surface area contributed by atoms with Gasteiger partial charge in [0.15, 0.2) is 0 Å². The molecular formula is C18H19MgO3PS. The molecule has 3 aromatic carbocycles. The number of benzene rings is 3. The van der Waals surface area contributed by atoms with Crippen LogP contribution in [0.4, 0.5) is 0 Å². The van der Waals surface area contributed by atoms with Crippen LogP contribution in [0.2, 0.25) is 0 Å². The average molecular weight is 371 g/mol. The number of hydrogen-bond acceptors (Lipinski definition) is 2. The summed E-state index contributed by atoms with van der Waals surface area (Å²) in [6.45, 7) is 0. The van der Waals surface area contributed by atoms with Gasteiger partial charge in [0.25, 0.3) is 0 Å². The van der Waals surface area contributed by atoms with Crippen LogP contribution in [0.25, 0.3) is 0 Å². The highest BCUT2D eigenvalue weighted by Gasteiger charge is 2.33. The van der Waals surface area contributed by atoms with Crippen LogP contribution in [0, 0.1) is 0 Å². The summed E-state index contributed by atoms with van der Waals surface area (Å²) >= 11 is 0. The van der Waals surface area contributed by atoms with Crippen molar-refractivity contribution in [2.45, 2.75) is 14.7 Å². The Bertz CT molecular complexity index is 688. The van der Waals surface area contributed by atoms with Crippen molar-refractivity contribution in [3.8, 4) is 0 Å². The van der Waals surface area contributed by atoms with Gasteiger partial charge in [-0.05, 0) is 46.7 Å². The van der Waals surface area contributed by atoms with Crippen LogP contribution in [0.5, 0.6) is 0 Å². The molecule has 0 spiro atoms. The Morgan fingerprint density at radius 2 is 0.958 bits per heavy atom. The quantitative estimate of drug-likeness (QED) is 0.536. The van der Waals surface area contributed by atoms with E-state index in [1.807, 2.05) is 91.0 Å². The molecule has 0 aliphatic rings. The maximum Gasteiger partial charge on any atom is 0.327 e. The van der Waals surface area contributed by atoms with Crippen molar-refractivity contribution in [3.05, 3.63) is 91.0 Å². The molecule has 0 radical (unpaired) electrons. The van der Waals surface area contributed by atoms with E-state index in [2.05, 4.69) is 0 Å². The predicted octanol–water partition coefficient (Wildman–Crippen LogP) is 4.37. The first-order valence-corrected chi connectivity index (χ1v) is 9.96. The Hall–Kier alpha value is -1.07. The van der Waals surface area contributed by atoms with E-state index in [0.29, 0.717) is 0 Å². The minimum Gasteiger partial charge on any atom is -0.326 e. The molecule has 0 aliphatic heterocycles. The Kier molecular flexibility index (Phi) is 7.10. The van der Waals surface area contributed by atoms with E-state index < -0.39 is 18.6 Å². The van der Waals surface area contributed by atoms with E-state index in [4.69, 9.17) is 3.97 Å². The number of hydrogen-bond donors (Lipinski definition) is 1. The van der Waals surface area contributed by atoms with Crippen molar-refractivity contribution in [1.82, 2.24) is 0 Å². The van der Waals surface area contributed by atoms with Crippen LogP contribution in [0.3, 0.4) is 0 Å². The fourth-order valence-corrected chi connectivity index (χ4v) is 6.94. The van der Waals surface area contributed by atoms with Gasteiger partial charge >= 0.3 is 31.3 Å². The molecule has 0 fully saturated rings. The molecule has 0 aliphatic carbocycles. The summed E-state index contributed by atoms with van der Waals surface area (Å²) in [5, 5.41) is 0. The molecule has 1 unspecified atom stereocenters. The standard InChI is InChI=1S/C18H17O3PS.Mg.2H/c19-22(20)21-23(16-10-4-1-5-11-16,17-12-6-2-7-13-17)18-14-8-3-9-15-18;;;/h1-15,22H,(H,19,20);;;. The Morgan fingerprint density at radius 1 is 0.667 bits per heavy atom. The number of rotatable bonds is 5. The lowest BCUT2D eigenvalue weighted by molar-refractivity contribution is 0.426. The molecule has 3 aromatic rings. The SMILES string of the molecule is O=[PH](O)OS(c1ccccc1)(c1ccccc1)c1ccccc1.[MgH2]. The summed E-state index contributed by atoms with van der Waals surface area (Å²) in [7, 11) is -5.39. The minimum atomic E-state index is -3.15. The van der Waals surface area contributed by atoms with Crippen LogP contribution < -0.4 is 0 Å². The van der Waals surface area contributed by atoms with Crippen LogP contribution in [0.15, 0.2) is 106 Å². The molecule has 0 saturated carbocycles.